The van der Waals surface area contributed by atoms with Gasteiger partial charge in [0, 0.05) is 35.3 Å². The number of urea groups is 1. The van der Waals surface area contributed by atoms with Gasteiger partial charge in [0.25, 0.3) is 5.56 Å². The van der Waals surface area contributed by atoms with Crippen LogP contribution in [0, 0.1) is 6.92 Å². The SMILES string of the molecule is Cc1cc2nc(CSc3nc4ccc(NC(=O)Nc5ccc6c(c5)OCO6)cc4s3)cc(=O)n2o1. The number of nitrogens with one attached hydrogen (secondary N) is 2. The van der Waals surface area contributed by atoms with Crippen molar-refractivity contribution in [1.29, 1.82) is 0 Å². The lowest BCUT2D eigenvalue weighted by Gasteiger charge is -2.08. The summed E-state index contributed by atoms with van der Waals surface area (Å²) in [5.41, 5.74) is 2.96. The third-order valence-corrected chi connectivity index (χ3v) is 7.32. The molecule has 12 heteroatoms. The van der Waals surface area contributed by atoms with Crippen LogP contribution in [0.2, 0.25) is 0 Å². The van der Waals surface area contributed by atoms with E-state index in [0.717, 1.165) is 14.6 Å². The number of thiazole rings is 1. The average Bonchev–Trinajstić information content (AvgIpc) is 3.54. The van der Waals surface area contributed by atoms with E-state index in [9.17, 15) is 9.59 Å². The third-order valence-electron chi connectivity index (χ3n) is 5.12. The van der Waals surface area contributed by atoms with E-state index < -0.39 is 0 Å². The number of carbonyl (C=O) groups is 1. The Bertz CT molecular complexity index is 1660. The fraction of sp³-hybridized carbons (Fsp3) is 0.130. The van der Waals surface area contributed by atoms with E-state index in [1.165, 1.54) is 33.7 Å². The van der Waals surface area contributed by atoms with Gasteiger partial charge in [-0.2, -0.15) is 0 Å². The summed E-state index contributed by atoms with van der Waals surface area (Å²) in [5, 5.41) is 5.62. The van der Waals surface area contributed by atoms with Gasteiger partial charge in [-0.05, 0) is 37.3 Å². The summed E-state index contributed by atoms with van der Waals surface area (Å²) in [6.45, 7) is 1.95. The van der Waals surface area contributed by atoms with Gasteiger partial charge in [-0.25, -0.2) is 14.8 Å². The van der Waals surface area contributed by atoms with Gasteiger partial charge in [-0.1, -0.05) is 11.8 Å². The van der Waals surface area contributed by atoms with Gasteiger partial charge in [0.2, 0.25) is 6.79 Å². The number of aryl methyl sites for hydroxylation is 1. The maximum absolute atomic E-state index is 12.5. The Hall–Kier alpha value is -4.03. The number of ether oxygens (including phenoxy) is 2. The summed E-state index contributed by atoms with van der Waals surface area (Å²) in [4.78, 5) is 33.8. The molecule has 0 spiro atoms. The number of rotatable bonds is 5. The normalized spacial score (nSPS) is 12.4. The summed E-state index contributed by atoms with van der Waals surface area (Å²) in [6.07, 6.45) is 0. The molecule has 35 heavy (non-hydrogen) atoms. The van der Waals surface area contributed by atoms with Crippen molar-refractivity contribution in [3.05, 3.63) is 70.3 Å². The van der Waals surface area contributed by atoms with Crippen molar-refractivity contribution in [2.45, 2.75) is 17.0 Å². The Balaban J connectivity index is 1.12. The predicted molar refractivity (Wildman–Crippen MR) is 133 cm³/mol. The number of amides is 2. The largest absolute Gasteiger partial charge is 0.454 e. The van der Waals surface area contributed by atoms with E-state index in [1.807, 2.05) is 12.1 Å². The molecule has 0 atom stereocenters. The quantitative estimate of drug-likeness (QED) is 0.323. The monoisotopic (exact) mass is 507 g/mol. The van der Waals surface area contributed by atoms with E-state index in [1.54, 1.807) is 37.3 Å². The Labute approximate surface area is 205 Å². The molecule has 2 aromatic carbocycles. The number of benzene rings is 2. The minimum atomic E-state index is -0.371. The lowest BCUT2D eigenvalue weighted by Crippen LogP contribution is -2.19. The average molecular weight is 508 g/mol. The van der Waals surface area contributed by atoms with Gasteiger partial charge in [-0.15, -0.1) is 15.9 Å². The Morgan fingerprint density at radius 1 is 1.06 bits per heavy atom. The van der Waals surface area contributed by atoms with E-state index in [2.05, 4.69) is 20.6 Å². The molecule has 1 aliphatic rings. The minimum absolute atomic E-state index is 0.175. The minimum Gasteiger partial charge on any atom is -0.454 e. The van der Waals surface area contributed by atoms with E-state index >= 15 is 0 Å². The predicted octanol–water partition coefficient (Wildman–Crippen LogP) is 4.87. The number of hydrogen-bond acceptors (Lipinski definition) is 9. The molecule has 0 bridgehead atoms. The Morgan fingerprint density at radius 2 is 1.86 bits per heavy atom. The number of anilines is 2. The molecule has 0 fully saturated rings. The molecule has 10 nitrogen and oxygen atoms in total. The van der Waals surface area contributed by atoms with Crippen LogP contribution < -0.4 is 25.7 Å². The topological polar surface area (TPSA) is 120 Å². The van der Waals surface area contributed by atoms with Crippen LogP contribution in [0.3, 0.4) is 0 Å². The van der Waals surface area contributed by atoms with E-state index in [0.29, 0.717) is 45.7 Å². The molecule has 176 valence electrons. The van der Waals surface area contributed by atoms with E-state index in [4.69, 9.17) is 14.0 Å². The molecule has 0 aliphatic carbocycles. The van der Waals surface area contributed by atoms with Crippen molar-refractivity contribution in [3.8, 4) is 11.5 Å². The number of aromatic nitrogens is 3. The second-order valence-electron chi connectivity index (χ2n) is 7.68. The molecule has 0 radical (unpaired) electrons. The van der Waals surface area contributed by atoms with Gasteiger partial charge < -0.3 is 24.6 Å². The maximum atomic E-state index is 12.5. The third kappa shape index (κ3) is 4.40. The van der Waals surface area contributed by atoms with Crippen molar-refractivity contribution in [1.82, 2.24) is 14.5 Å². The molecule has 5 aromatic rings. The van der Waals surface area contributed by atoms with Crippen LogP contribution >= 0.6 is 23.1 Å². The van der Waals surface area contributed by atoms with Crippen LogP contribution in [0.5, 0.6) is 11.5 Å². The first-order valence-corrected chi connectivity index (χ1v) is 12.3. The van der Waals surface area contributed by atoms with Crippen molar-refractivity contribution >= 4 is 56.4 Å². The van der Waals surface area contributed by atoms with Crippen LogP contribution in [-0.2, 0) is 5.75 Å². The van der Waals surface area contributed by atoms with Crippen LogP contribution in [0.15, 0.2) is 62.2 Å². The van der Waals surface area contributed by atoms with Crippen molar-refractivity contribution in [2.24, 2.45) is 0 Å². The van der Waals surface area contributed by atoms with E-state index in [-0.39, 0.29) is 18.4 Å². The lowest BCUT2D eigenvalue weighted by molar-refractivity contribution is 0.174. The molecule has 0 unspecified atom stereocenters. The Kier molecular flexibility index (Phi) is 5.30. The highest BCUT2D eigenvalue weighted by atomic mass is 32.2. The number of thioether (sulfide) groups is 1. The number of hydrogen-bond donors (Lipinski definition) is 2. The molecule has 2 N–H and O–H groups in total. The smallest absolute Gasteiger partial charge is 0.323 e. The zero-order valence-electron chi connectivity index (χ0n) is 18.2. The van der Waals surface area contributed by atoms with Gasteiger partial charge >= 0.3 is 6.03 Å². The van der Waals surface area contributed by atoms with Crippen LogP contribution in [0.4, 0.5) is 16.2 Å². The first kappa shape index (κ1) is 21.5. The summed E-state index contributed by atoms with van der Waals surface area (Å²) >= 11 is 3.01. The van der Waals surface area contributed by atoms with Crippen molar-refractivity contribution < 1.29 is 18.8 Å². The second kappa shape index (κ2) is 8.64. The fourth-order valence-electron chi connectivity index (χ4n) is 3.59. The number of nitrogens with zero attached hydrogens (tertiary/aromatic N) is 3. The van der Waals surface area contributed by atoms with Gasteiger partial charge in [0.05, 0.1) is 15.9 Å². The summed E-state index contributed by atoms with van der Waals surface area (Å²) in [7, 11) is 0. The highest BCUT2D eigenvalue weighted by molar-refractivity contribution is 8.00. The van der Waals surface area contributed by atoms with Gasteiger partial charge in [0.1, 0.15) is 5.76 Å². The van der Waals surface area contributed by atoms with Crippen LogP contribution in [-0.4, -0.2) is 27.4 Å². The fourth-order valence-corrected chi connectivity index (χ4v) is 5.59. The summed E-state index contributed by atoms with van der Waals surface area (Å²) < 4.78 is 18.9. The summed E-state index contributed by atoms with van der Waals surface area (Å²) in [6, 6.07) is 13.6. The molecular weight excluding hydrogens is 490 g/mol. The molecule has 1 aliphatic heterocycles. The molecule has 3 aromatic heterocycles. The van der Waals surface area contributed by atoms with Crippen molar-refractivity contribution in [3.63, 3.8) is 0 Å². The first-order chi connectivity index (χ1) is 17.0. The standard InChI is InChI=1S/C23H17N5O5S2/c1-12-6-20-24-15(9-21(29)28(20)33-12)10-34-23-27-16-4-2-14(8-19(16)35-23)26-22(30)25-13-3-5-17-18(7-13)32-11-31-17/h2-9H,10-11H2,1H3,(H2,25,26,30). The maximum Gasteiger partial charge on any atom is 0.323 e. The number of fused-ring (bicyclic) bond motifs is 3. The Morgan fingerprint density at radius 3 is 2.74 bits per heavy atom. The lowest BCUT2D eigenvalue weighted by atomic mass is 10.3. The molecule has 2 amide bonds. The molecule has 0 saturated heterocycles. The van der Waals surface area contributed by atoms with Crippen molar-refractivity contribution in [2.75, 3.05) is 17.4 Å². The molecule has 6 rings (SSSR count). The van der Waals surface area contributed by atoms with Gasteiger partial charge in [-0.3, -0.25) is 4.79 Å². The first-order valence-electron chi connectivity index (χ1n) is 10.5. The molecular formula is C23H17N5O5S2. The zero-order chi connectivity index (χ0) is 23.9. The van der Waals surface area contributed by atoms with Crippen LogP contribution in [0.1, 0.15) is 11.5 Å². The second-order valence-corrected chi connectivity index (χ2v) is 9.94. The highest BCUT2D eigenvalue weighted by Gasteiger charge is 2.15. The molecule has 0 saturated carbocycles. The summed E-state index contributed by atoms with van der Waals surface area (Å²) in [5.74, 6) is 2.37. The molecule has 4 heterocycles. The number of carbonyl (C=O) groups excluding carboxylic acids is 1. The highest BCUT2D eigenvalue weighted by Crippen LogP contribution is 2.35. The van der Waals surface area contributed by atoms with Crippen LogP contribution in [0.25, 0.3) is 15.9 Å². The van der Waals surface area contributed by atoms with Gasteiger partial charge in [0.15, 0.2) is 21.5 Å². The zero-order valence-corrected chi connectivity index (χ0v) is 19.9.